The molecule has 1 saturated heterocycles. The molecule has 8 nitrogen and oxygen atoms in total. The molecule has 3 rings (SSSR count). The van der Waals surface area contributed by atoms with Crippen molar-refractivity contribution in [3.63, 3.8) is 0 Å². The van der Waals surface area contributed by atoms with Crippen LogP contribution in [0.4, 0.5) is 0 Å². The van der Waals surface area contributed by atoms with Crippen LogP contribution in [0.15, 0.2) is 18.2 Å². The van der Waals surface area contributed by atoms with E-state index in [4.69, 9.17) is 14.2 Å². The number of carbonyl (C=O) groups excluding carboxylic acids is 2. The molecule has 0 aromatic heterocycles. The predicted molar refractivity (Wildman–Crippen MR) is 114 cm³/mol. The van der Waals surface area contributed by atoms with Gasteiger partial charge in [-0.25, -0.2) is 0 Å². The van der Waals surface area contributed by atoms with Crippen molar-refractivity contribution in [2.75, 3.05) is 40.9 Å². The average Bonchev–Trinajstić information content (AvgIpc) is 2.77. The Morgan fingerprint density at radius 2 is 1.90 bits per heavy atom. The van der Waals surface area contributed by atoms with Gasteiger partial charge < -0.3 is 24.0 Å². The van der Waals surface area contributed by atoms with E-state index < -0.39 is 5.92 Å². The molecule has 2 heterocycles. The molecule has 0 spiro atoms. The van der Waals surface area contributed by atoms with Gasteiger partial charge in [0.15, 0.2) is 0 Å². The zero-order valence-corrected chi connectivity index (χ0v) is 18.7. The van der Waals surface area contributed by atoms with Gasteiger partial charge in [0.05, 0.1) is 41.9 Å². The fourth-order valence-electron chi connectivity index (χ4n) is 4.29. The molecular formula is C23H31N3O5. The lowest BCUT2D eigenvalue weighted by Gasteiger charge is -2.38. The Kier molecular flexibility index (Phi) is 7.52. The molecule has 1 aromatic rings. The molecule has 1 aromatic carbocycles. The summed E-state index contributed by atoms with van der Waals surface area (Å²) in [6.45, 7) is 2.88. The Labute approximate surface area is 183 Å². The number of benzene rings is 1. The molecule has 2 aliphatic heterocycles. The molecule has 4 atom stereocenters. The molecule has 1 fully saturated rings. The fourth-order valence-corrected chi connectivity index (χ4v) is 4.29. The number of likely N-dealkylation sites (N-methyl/N-ethyl adjacent to an activating group) is 1. The minimum absolute atomic E-state index is 0.0114. The predicted octanol–water partition coefficient (Wildman–Crippen LogP) is 2.07. The molecule has 0 aliphatic carbocycles. The second-order valence-electron chi connectivity index (χ2n) is 8.41. The molecule has 2 bridgehead atoms. The van der Waals surface area contributed by atoms with Gasteiger partial charge in [0.2, 0.25) is 5.91 Å². The van der Waals surface area contributed by atoms with Gasteiger partial charge in [-0.1, -0.05) is 6.92 Å². The van der Waals surface area contributed by atoms with Crippen molar-refractivity contribution >= 4 is 11.8 Å². The molecule has 2 amide bonds. The number of rotatable bonds is 1. The zero-order valence-electron chi connectivity index (χ0n) is 18.7. The molecule has 2 aliphatic rings. The van der Waals surface area contributed by atoms with Crippen molar-refractivity contribution in [3.05, 3.63) is 29.3 Å². The van der Waals surface area contributed by atoms with Crippen LogP contribution in [-0.2, 0) is 14.3 Å². The fraction of sp³-hybridized carbons (Fsp3) is 0.609. The number of hydrogen-bond donors (Lipinski definition) is 0. The third-order valence-corrected chi connectivity index (χ3v) is 6.04. The van der Waals surface area contributed by atoms with Gasteiger partial charge in [-0.2, -0.15) is 5.26 Å². The minimum atomic E-state index is -0.395. The molecule has 0 radical (unpaired) electrons. The van der Waals surface area contributed by atoms with E-state index in [1.807, 2.05) is 6.92 Å². The lowest BCUT2D eigenvalue weighted by atomic mass is 9.98. The highest BCUT2D eigenvalue weighted by Crippen LogP contribution is 2.27. The highest BCUT2D eigenvalue weighted by molar-refractivity contribution is 5.97. The van der Waals surface area contributed by atoms with Crippen molar-refractivity contribution < 1.29 is 23.8 Å². The molecule has 168 valence electrons. The second-order valence-corrected chi connectivity index (χ2v) is 8.41. The van der Waals surface area contributed by atoms with Gasteiger partial charge in [-0.15, -0.1) is 0 Å². The summed E-state index contributed by atoms with van der Waals surface area (Å²) in [4.78, 5) is 29.2. The van der Waals surface area contributed by atoms with Gasteiger partial charge in [-0.3, -0.25) is 9.59 Å². The molecular weight excluding hydrogens is 398 g/mol. The van der Waals surface area contributed by atoms with Crippen molar-refractivity contribution in [1.29, 1.82) is 5.26 Å². The van der Waals surface area contributed by atoms with Crippen molar-refractivity contribution in [1.82, 2.24) is 9.80 Å². The number of methoxy groups -OCH3 is 1. The Hall–Kier alpha value is -2.63. The number of carbonyl (C=O) groups is 2. The third-order valence-electron chi connectivity index (χ3n) is 6.04. The first-order chi connectivity index (χ1) is 14.8. The van der Waals surface area contributed by atoms with Crippen LogP contribution in [0.3, 0.4) is 0 Å². The SMILES string of the molecule is CO[C@@H]1CC[C@@H]2CCOc3ccc(C#N)cc3C(=O)N(C)C[C@H](C)C(=O)N(C)C[C@H]1O2. The summed E-state index contributed by atoms with van der Waals surface area (Å²) in [7, 11) is 5.09. The maximum Gasteiger partial charge on any atom is 0.257 e. The number of nitrogens with zero attached hydrogens (tertiary/aromatic N) is 3. The quantitative estimate of drug-likeness (QED) is 0.679. The van der Waals surface area contributed by atoms with E-state index in [9.17, 15) is 14.9 Å². The summed E-state index contributed by atoms with van der Waals surface area (Å²) in [6.07, 6.45) is 2.07. The van der Waals surface area contributed by atoms with E-state index >= 15 is 0 Å². The van der Waals surface area contributed by atoms with Crippen LogP contribution >= 0.6 is 0 Å². The Morgan fingerprint density at radius 1 is 1.13 bits per heavy atom. The smallest absolute Gasteiger partial charge is 0.257 e. The van der Waals surface area contributed by atoms with E-state index in [1.165, 1.54) is 4.90 Å². The maximum absolute atomic E-state index is 13.1. The number of nitriles is 1. The van der Waals surface area contributed by atoms with Gasteiger partial charge in [-0.05, 0) is 31.0 Å². The summed E-state index contributed by atoms with van der Waals surface area (Å²) in [5, 5.41) is 9.25. The third kappa shape index (κ3) is 5.35. The second kappa shape index (κ2) is 10.1. The Morgan fingerprint density at radius 3 is 2.61 bits per heavy atom. The first-order valence-corrected chi connectivity index (χ1v) is 10.7. The van der Waals surface area contributed by atoms with E-state index in [2.05, 4.69) is 6.07 Å². The molecule has 0 saturated carbocycles. The number of hydrogen-bond acceptors (Lipinski definition) is 6. The van der Waals surface area contributed by atoms with Crippen LogP contribution in [0.5, 0.6) is 5.75 Å². The zero-order chi connectivity index (χ0) is 22.5. The first-order valence-electron chi connectivity index (χ1n) is 10.7. The van der Waals surface area contributed by atoms with Crippen LogP contribution < -0.4 is 4.74 Å². The summed E-state index contributed by atoms with van der Waals surface area (Å²) in [5.41, 5.74) is 0.709. The Balaban J connectivity index is 1.90. The van der Waals surface area contributed by atoms with Gasteiger partial charge >= 0.3 is 0 Å². The van der Waals surface area contributed by atoms with E-state index in [0.717, 1.165) is 12.8 Å². The number of amides is 2. The number of fused-ring (bicyclic) bond motifs is 3. The Bertz CT molecular complexity index is 852. The van der Waals surface area contributed by atoms with E-state index in [1.54, 1.807) is 44.3 Å². The minimum Gasteiger partial charge on any atom is -0.493 e. The van der Waals surface area contributed by atoms with E-state index in [-0.39, 0.29) is 36.7 Å². The van der Waals surface area contributed by atoms with Crippen molar-refractivity contribution in [3.8, 4) is 11.8 Å². The topological polar surface area (TPSA) is 92.1 Å². The van der Waals surface area contributed by atoms with Crippen LogP contribution in [0.1, 0.15) is 42.1 Å². The molecule has 0 N–H and O–H groups in total. The average molecular weight is 430 g/mol. The first kappa shape index (κ1) is 23.0. The summed E-state index contributed by atoms with van der Waals surface area (Å²) in [6, 6.07) is 6.90. The summed E-state index contributed by atoms with van der Waals surface area (Å²) in [5.74, 6) is -0.298. The summed E-state index contributed by atoms with van der Waals surface area (Å²) >= 11 is 0. The van der Waals surface area contributed by atoms with Crippen molar-refractivity contribution in [2.24, 2.45) is 5.92 Å². The van der Waals surface area contributed by atoms with Crippen LogP contribution in [0.2, 0.25) is 0 Å². The summed E-state index contributed by atoms with van der Waals surface area (Å²) < 4.78 is 17.8. The number of ether oxygens (including phenoxy) is 3. The van der Waals surface area contributed by atoms with Gasteiger partial charge in [0.1, 0.15) is 11.9 Å². The lowest BCUT2D eigenvalue weighted by molar-refractivity contribution is -0.152. The van der Waals surface area contributed by atoms with Crippen molar-refractivity contribution in [2.45, 2.75) is 44.5 Å². The van der Waals surface area contributed by atoms with Gasteiger partial charge in [0, 0.05) is 40.7 Å². The van der Waals surface area contributed by atoms with Gasteiger partial charge in [0.25, 0.3) is 5.91 Å². The molecule has 0 unspecified atom stereocenters. The normalized spacial score (nSPS) is 28.1. The van der Waals surface area contributed by atoms with Crippen LogP contribution in [0, 0.1) is 17.2 Å². The largest absolute Gasteiger partial charge is 0.493 e. The van der Waals surface area contributed by atoms with E-state index in [0.29, 0.717) is 36.4 Å². The lowest BCUT2D eigenvalue weighted by Crippen LogP contribution is -2.49. The van der Waals surface area contributed by atoms with Crippen LogP contribution in [0.25, 0.3) is 0 Å². The maximum atomic E-state index is 13.1. The standard InChI is InChI=1S/C23H31N3O5/c1-15-13-25(2)23(28)18-11-16(12-24)5-7-19(18)30-10-9-17-6-8-20(29-4)21(31-17)14-26(3)22(15)27/h5,7,11,15,17,20-21H,6,8-10,13-14H2,1-4H3/t15-,17+,20+,21+/m0/s1. The highest BCUT2D eigenvalue weighted by Gasteiger charge is 2.34. The molecule has 31 heavy (non-hydrogen) atoms. The highest BCUT2D eigenvalue weighted by atomic mass is 16.5. The monoisotopic (exact) mass is 429 g/mol. The molecule has 8 heteroatoms. The van der Waals surface area contributed by atoms with Crippen LogP contribution in [-0.4, -0.2) is 80.8 Å².